The molecule has 108 valence electrons. The predicted molar refractivity (Wildman–Crippen MR) is 69.6 cm³/mol. The summed E-state index contributed by atoms with van der Waals surface area (Å²) in [6.07, 6.45) is 1.94. The van der Waals surface area contributed by atoms with Crippen LogP contribution in [0.15, 0.2) is 0 Å². The summed E-state index contributed by atoms with van der Waals surface area (Å²) in [5, 5.41) is 0. The molecule has 2 atom stereocenters. The lowest BCUT2D eigenvalue weighted by Crippen LogP contribution is -2.49. The Bertz CT molecular complexity index is 387. The number of cyclic esters (lactones) is 1. The third kappa shape index (κ3) is 3.01. The number of nitrogens with zero attached hydrogens (tertiary/aromatic N) is 1. The van der Waals surface area contributed by atoms with Gasteiger partial charge in [0, 0.05) is 19.5 Å². The zero-order chi connectivity index (χ0) is 14.3. The molecule has 5 nitrogen and oxygen atoms in total. The van der Waals surface area contributed by atoms with Gasteiger partial charge in [-0.15, -0.1) is 0 Å². The van der Waals surface area contributed by atoms with Crippen molar-refractivity contribution in [3.05, 3.63) is 0 Å². The molecule has 2 fully saturated rings. The first-order chi connectivity index (χ1) is 8.72. The zero-order valence-corrected chi connectivity index (χ0v) is 12.2. The van der Waals surface area contributed by atoms with Gasteiger partial charge in [-0.05, 0) is 40.5 Å². The minimum Gasteiger partial charge on any atom is -0.462 e. The van der Waals surface area contributed by atoms with Crippen molar-refractivity contribution < 1.29 is 19.1 Å². The van der Waals surface area contributed by atoms with Crippen molar-refractivity contribution in [2.75, 3.05) is 13.1 Å². The summed E-state index contributed by atoms with van der Waals surface area (Å²) < 4.78 is 10.6. The predicted octanol–water partition coefficient (Wildman–Crippen LogP) is 2.34. The van der Waals surface area contributed by atoms with Gasteiger partial charge >= 0.3 is 12.1 Å². The Morgan fingerprint density at radius 2 is 2.16 bits per heavy atom. The van der Waals surface area contributed by atoms with Crippen molar-refractivity contribution in [2.45, 2.75) is 58.7 Å². The van der Waals surface area contributed by atoms with Crippen LogP contribution in [0.25, 0.3) is 0 Å². The van der Waals surface area contributed by atoms with Crippen molar-refractivity contribution in [1.29, 1.82) is 0 Å². The average molecular weight is 269 g/mol. The highest BCUT2D eigenvalue weighted by atomic mass is 16.6. The standard InChI is InChI=1S/C14H23NO4/c1-10-8-14(11(16)18-10)6-5-7-15(9-14)12(17)19-13(2,3)4/h10H,5-9H2,1-4H3/t10-,14+/m0/s1. The second-order valence-electron chi connectivity index (χ2n) is 6.71. The maximum absolute atomic E-state index is 12.1. The van der Waals surface area contributed by atoms with Gasteiger partial charge in [0.15, 0.2) is 0 Å². The fourth-order valence-electron chi connectivity index (χ4n) is 2.93. The second-order valence-corrected chi connectivity index (χ2v) is 6.71. The van der Waals surface area contributed by atoms with E-state index in [1.165, 1.54) is 0 Å². The highest BCUT2D eigenvalue weighted by Gasteiger charge is 2.51. The summed E-state index contributed by atoms with van der Waals surface area (Å²) in [4.78, 5) is 25.8. The van der Waals surface area contributed by atoms with Gasteiger partial charge in [0.25, 0.3) is 0 Å². The molecule has 2 aliphatic heterocycles. The Balaban J connectivity index is 2.05. The molecule has 0 saturated carbocycles. The summed E-state index contributed by atoms with van der Waals surface area (Å²) in [7, 11) is 0. The Labute approximate surface area is 114 Å². The van der Waals surface area contributed by atoms with Gasteiger partial charge in [-0.1, -0.05) is 0 Å². The lowest BCUT2D eigenvalue weighted by Gasteiger charge is -2.38. The van der Waals surface area contributed by atoms with Gasteiger partial charge in [0.2, 0.25) is 0 Å². The van der Waals surface area contributed by atoms with Gasteiger partial charge in [0.05, 0.1) is 5.41 Å². The average Bonchev–Trinajstić information content (AvgIpc) is 2.51. The van der Waals surface area contributed by atoms with E-state index >= 15 is 0 Å². The van der Waals surface area contributed by atoms with E-state index in [2.05, 4.69) is 0 Å². The number of likely N-dealkylation sites (tertiary alicyclic amines) is 1. The maximum Gasteiger partial charge on any atom is 0.410 e. The lowest BCUT2D eigenvalue weighted by molar-refractivity contribution is -0.150. The largest absolute Gasteiger partial charge is 0.462 e. The third-order valence-corrected chi connectivity index (χ3v) is 3.65. The number of esters is 1. The molecule has 0 N–H and O–H groups in total. The van der Waals surface area contributed by atoms with E-state index in [4.69, 9.17) is 9.47 Å². The first-order valence-corrected chi connectivity index (χ1v) is 6.91. The monoisotopic (exact) mass is 269 g/mol. The minimum atomic E-state index is -0.509. The van der Waals surface area contributed by atoms with Crippen molar-refractivity contribution in [3.8, 4) is 0 Å². The lowest BCUT2D eigenvalue weighted by atomic mass is 9.78. The summed E-state index contributed by atoms with van der Waals surface area (Å²) >= 11 is 0. The molecular weight excluding hydrogens is 246 g/mol. The van der Waals surface area contributed by atoms with E-state index in [0.717, 1.165) is 12.8 Å². The first-order valence-electron chi connectivity index (χ1n) is 6.91. The number of piperidine rings is 1. The minimum absolute atomic E-state index is 0.0499. The van der Waals surface area contributed by atoms with Crippen molar-refractivity contribution in [3.63, 3.8) is 0 Å². The van der Waals surface area contributed by atoms with Crippen LogP contribution in [0, 0.1) is 5.41 Å². The van der Waals surface area contributed by atoms with Crippen molar-refractivity contribution in [2.24, 2.45) is 5.41 Å². The van der Waals surface area contributed by atoms with E-state index in [1.54, 1.807) is 4.90 Å². The summed E-state index contributed by atoms with van der Waals surface area (Å²) in [6, 6.07) is 0. The topological polar surface area (TPSA) is 55.8 Å². The van der Waals surface area contributed by atoms with E-state index in [1.807, 2.05) is 27.7 Å². The van der Waals surface area contributed by atoms with E-state index < -0.39 is 11.0 Å². The van der Waals surface area contributed by atoms with Crippen LogP contribution < -0.4 is 0 Å². The normalized spacial score (nSPS) is 31.5. The molecule has 2 heterocycles. The molecule has 1 spiro atoms. The molecular formula is C14H23NO4. The highest BCUT2D eigenvalue weighted by molar-refractivity contribution is 5.80. The summed E-state index contributed by atoms with van der Waals surface area (Å²) in [5.74, 6) is -0.159. The molecule has 2 aliphatic rings. The number of carbonyl (C=O) groups is 2. The number of hydrogen-bond donors (Lipinski definition) is 0. The highest BCUT2D eigenvalue weighted by Crippen LogP contribution is 2.41. The van der Waals surface area contributed by atoms with Crippen LogP contribution in [0.2, 0.25) is 0 Å². The van der Waals surface area contributed by atoms with Crippen LogP contribution in [-0.2, 0) is 14.3 Å². The zero-order valence-electron chi connectivity index (χ0n) is 12.2. The summed E-state index contributed by atoms with van der Waals surface area (Å²) in [6.45, 7) is 8.51. The first kappa shape index (κ1) is 14.2. The van der Waals surface area contributed by atoms with E-state index in [9.17, 15) is 9.59 Å². The molecule has 1 amide bonds. The van der Waals surface area contributed by atoms with Gasteiger partial charge in [-0.25, -0.2) is 4.79 Å². The molecule has 0 aliphatic carbocycles. The van der Waals surface area contributed by atoms with Crippen LogP contribution in [0.1, 0.15) is 47.0 Å². The molecule has 0 unspecified atom stereocenters. The number of rotatable bonds is 0. The smallest absolute Gasteiger partial charge is 0.410 e. The fraction of sp³-hybridized carbons (Fsp3) is 0.857. The molecule has 0 bridgehead atoms. The summed E-state index contributed by atoms with van der Waals surface area (Å²) in [5.41, 5.74) is -1.01. The fourth-order valence-corrected chi connectivity index (χ4v) is 2.93. The number of carbonyl (C=O) groups excluding carboxylic acids is 2. The number of hydrogen-bond acceptors (Lipinski definition) is 4. The van der Waals surface area contributed by atoms with E-state index in [0.29, 0.717) is 19.5 Å². The molecule has 0 aromatic carbocycles. The molecule has 0 aromatic heterocycles. The molecule has 2 saturated heterocycles. The maximum atomic E-state index is 12.1. The Morgan fingerprint density at radius 1 is 1.47 bits per heavy atom. The Hall–Kier alpha value is -1.26. The molecule has 5 heteroatoms. The van der Waals surface area contributed by atoms with Gasteiger partial charge in [0.1, 0.15) is 11.7 Å². The van der Waals surface area contributed by atoms with E-state index in [-0.39, 0.29) is 18.2 Å². The van der Waals surface area contributed by atoms with Crippen LogP contribution in [-0.4, -0.2) is 41.8 Å². The SMILES string of the molecule is C[C@H]1C[C@@]2(CCCN(C(=O)OC(C)(C)C)C2)C(=O)O1. The van der Waals surface area contributed by atoms with Gasteiger partial charge in [-0.3, -0.25) is 4.79 Å². The van der Waals surface area contributed by atoms with Crippen molar-refractivity contribution in [1.82, 2.24) is 4.90 Å². The molecule has 0 aromatic rings. The Morgan fingerprint density at radius 3 is 2.68 bits per heavy atom. The molecule has 0 radical (unpaired) electrons. The van der Waals surface area contributed by atoms with Crippen LogP contribution in [0.3, 0.4) is 0 Å². The number of amides is 1. The van der Waals surface area contributed by atoms with Crippen molar-refractivity contribution >= 4 is 12.1 Å². The quantitative estimate of drug-likeness (QED) is 0.633. The van der Waals surface area contributed by atoms with Gasteiger partial charge in [-0.2, -0.15) is 0 Å². The van der Waals surface area contributed by atoms with Gasteiger partial charge < -0.3 is 14.4 Å². The van der Waals surface area contributed by atoms with Crippen LogP contribution in [0.4, 0.5) is 4.79 Å². The van der Waals surface area contributed by atoms with Crippen LogP contribution in [0.5, 0.6) is 0 Å². The number of ether oxygens (including phenoxy) is 2. The second kappa shape index (κ2) is 4.69. The Kier molecular flexibility index (Phi) is 3.49. The van der Waals surface area contributed by atoms with Crippen LogP contribution >= 0.6 is 0 Å². The molecule has 19 heavy (non-hydrogen) atoms. The third-order valence-electron chi connectivity index (χ3n) is 3.65. The molecule has 2 rings (SSSR count).